The van der Waals surface area contributed by atoms with Crippen LogP contribution in [-0.4, -0.2) is 44.5 Å². The number of aryl methyl sites for hydroxylation is 1. The van der Waals surface area contributed by atoms with Crippen molar-refractivity contribution in [3.05, 3.63) is 58.7 Å². The summed E-state index contributed by atoms with van der Waals surface area (Å²) in [7, 11) is -3.55. The summed E-state index contributed by atoms with van der Waals surface area (Å²) < 4.78 is 120. The maximum Gasteiger partial charge on any atom is 0.417 e. The number of piperidine rings is 1. The lowest BCUT2D eigenvalue weighted by Crippen LogP contribution is -2.51. The second kappa shape index (κ2) is 10.7. The molecule has 2 aromatic carbocycles. The molecule has 2 fully saturated rings. The summed E-state index contributed by atoms with van der Waals surface area (Å²) in [4.78, 5) is 10.9. The highest BCUT2D eigenvalue weighted by atomic mass is 32.2. The smallest absolute Gasteiger partial charge is 0.417 e. The Labute approximate surface area is 240 Å². The standard InChI is InChI=1S/C29H31F6NO5S/c1-17(26(37)40-2)25(19-4-5-19)20-6-3-18-9-10-27(41-23(18)15-20)11-13-36(14-12-27)42(38,39)24-16-21(28(30,31)32)7-8-22(24)29(33,34)35/h3,6-8,15-17,19,25H,4-5,9-14H2,1-2H3/t17-,25+/m1/s1. The van der Waals surface area contributed by atoms with Gasteiger partial charge in [0.2, 0.25) is 10.0 Å². The number of ether oxygens (including phenoxy) is 2. The Morgan fingerprint density at radius 2 is 1.67 bits per heavy atom. The molecule has 0 N–H and O–H groups in total. The highest BCUT2D eigenvalue weighted by Crippen LogP contribution is 2.49. The number of halogens is 6. The molecule has 1 saturated carbocycles. The Bertz CT molecular complexity index is 1460. The zero-order valence-corrected chi connectivity index (χ0v) is 23.8. The molecule has 2 aliphatic heterocycles. The lowest BCUT2D eigenvalue weighted by atomic mass is 9.80. The summed E-state index contributed by atoms with van der Waals surface area (Å²) in [5, 5.41) is 0. The predicted molar refractivity (Wildman–Crippen MR) is 139 cm³/mol. The van der Waals surface area contributed by atoms with Crippen molar-refractivity contribution in [3.63, 3.8) is 0 Å². The molecule has 230 valence electrons. The van der Waals surface area contributed by atoms with Gasteiger partial charge in [-0.05, 0) is 72.9 Å². The second-order valence-corrected chi connectivity index (χ2v) is 13.3. The van der Waals surface area contributed by atoms with Crippen LogP contribution in [0.25, 0.3) is 0 Å². The monoisotopic (exact) mass is 619 g/mol. The maximum atomic E-state index is 13.6. The number of methoxy groups -OCH3 is 1. The fourth-order valence-corrected chi connectivity index (χ4v) is 7.93. The van der Waals surface area contributed by atoms with E-state index in [-0.39, 0.29) is 61.9 Å². The first-order valence-electron chi connectivity index (χ1n) is 13.7. The largest absolute Gasteiger partial charge is 0.487 e. The van der Waals surface area contributed by atoms with E-state index in [1.165, 1.54) is 7.11 Å². The lowest BCUT2D eigenvalue weighted by molar-refractivity contribution is -0.146. The van der Waals surface area contributed by atoms with E-state index in [9.17, 15) is 39.6 Å². The van der Waals surface area contributed by atoms with Crippen molar-refractivity contribution in [2.24, 2.45) is 11.8 Å². The molecule has 0 aromatic heterocycles. The van der Waals surface area contributed by atoms with Crippen molar-refractivity contribution in [1.82, 2.24) is 4.31 Å². The molecule has 0 amide bonds. The SMILES string of the molecule is COC(=O)[C@H](C)[C@H](c1ccc2c(c1)OC1(CC2)CCN(S(=O)(=O)c2cc(C(F)(F)F)ccc2C(F)(F)F)CC1)C1CC1. The van der Waals surface area contributed by atoms with Crippen LogP contribution in [0.4, 0.5) is 26.3 Å². The molecule has 2 aromatic rings. The molecule has 13 heteroatoms. The van der Waals surface area contributed by atoms with Crippen LogP contribution in [0.15, 0.2) is 41.3 Å². The minimum atomic E-state index is -5.17. The zero-order valence-electron chi connectivity index (χ0n) is 23.0. The molecule has 0 unspecified atom stereocenters. The van der Waals surface area contributed by atoms with Gasteiger partial charge in [0.25, 0.3) is 0 Å². The number of nitrogens with zero attached hydrogens (tertiary/aromatic N) is 1. The number of benzene rings is 2. The van der Waals surface area contributed by atoms with E-state index >= 15 is 0 Å². The van der Waals surface area contributed by atoms with Gasteiger partial charge in [0.1, 0.15) is 11.4 Å². The number of hydrogen-bond donors (Lipinski definition) is 0. The van der Waals surface area contributed by atoms with Gasteiger partial charge >= 0.3 is 18.3 Å². The van der Waals surface area contributed by atoms with Crippen molar-refractivity contribution >= 4 is 16.0 Å². The average Bonchev–Trinajstić information content (AvgIpc) is 3.76. The minimum Gasteiger partial charge on any atom is -0.487 e. The van der Waals surface area contributed by atoms with E-state index in [0.29, 0.717) is 24.5 Å². The zero-order chi connectivity index (χ0) is 30.7. The van der Waals surface area contributed by atoms with Crippen LogP contribution in [0, 0.1) is 11.8 Å². The first-order chi connectivity index (χ1) is 19.6. The van der Waals surface area contributed by atoms with Crippen LogP contribution in [-0.2, 0) is 38.3 Å². The molecular weight excluding hydrogens is 588 g/mol. The van der Waals surface area contributed by atoms with Crippen LogP contribution >= 0.6 is 0 Å². The Balaban J connectivity index is 1.37. The van der Waals surface area contributed by atoms with Gasteiger partial charge in [-0.25, -0.2) is 8.42 Å². The summed E-state index contributed by atoms with van der Waals surface area (Å²) in [5.41, 5.74) is -2.00. The third-order valence-electron chi connectivity index (χ3n) is 8.76. The summed E-state index contributed by atoms with van der Waals surface area (Å²) in [6, 6.07) is 6.32. The number of fused-ring (bicyclic) bond motifs is 1. The van der Waals surface area contributed by atoms with Crippen LogP contribution in [0.3, 0.4) is 0 Å². The van der Waals surface area contributed by atoms with Gasteiger partial charge < -0.3 is 9.47 Å². The number of alkyl halides is 6. The van der Waals surface area contributed by atoms with Crippen molar-refractivity contribution in [1.29, 1.82) is 0 Å². The fraction of sp³-hybridized carbons (Fsp3) is 0.552. The second-order valence-electron chi connectivity index (χ2n) is 11.4. The summed E-state index contributed by atoms with van der Waals surface area (Å²) in [5.74, 6) is 0.260. The molecule has 2 atom stereocenters. The van der Waals surface area contributed by atoms with Crippen LogP contribution < -0.4 is 4.74 Å². The molecule has 1 saturated heterocycles. The van der Waals surface area contributed by atoms with Gasteiger partial charge in [0, 0.05) is 25.9 Å². The summed E-state index contributed by atoms with van der Waals surface area (Å²) >= 11 is 0. The van der Waals surface area contributed by atoms with Gasteiger partial charge in [0.15, 0.2) is 0 Å². The molecule has 1 spiro atoms. The van der Waals surface area contributed by atoms with E-state index in [1.54, 1.807) is 0 Å². The predicted octanol–water partition coefficient (Wildman–Crippen LogP) is 6.58. The molecule has 42 heavy (non-hydrogen) atoms. The quantitative estimate of drug-likeness (QED) is 0.270. The molecule has 1 aliphatic carbocycles. The summed E-state index contributed by atoms with van der Waals surface area (Å²) in [6.07, 6.45) is -6.69. The number of sulfonamides is 1. The van der Waals surface area contributed by atoms with Crippen molar-refractivity contribution in [3.8, 4) is 5.75 Å². The average molecular weight is 620 g/mol. The highest BCUT2D eigenvalue weighted by molar-refractivity contribution is 7.89. The lowest BCUT2D eigenvalue weighted by Gasteiger charge is -2.44. The normalized spacial score (nSPS) is 20.9. The van der Waals surface area contributed by atoms with Gasteiger partial charge in [-0.1, -0.05) is 19.1 Å². The maximum absolute atomic E-state index is 13.6. The molecule has 5 rings (SSSR count). The number of carbonyl (C=O) groups excluding carboxylic acids is 1. The Morgan fingerprint density at radius 1 is 1.00 bits per heavy atom. The molecule has 0 bridgehead atoms. The van der Waals surface area contributed by atoms with Gasteiger partial charge in [-0.3, -0.25) is 4.79 Å². The van der Waals surface area contributed by atoms with E-state index < -0.39 is 44.0 Å². The third-order valence-corrected chi connectivity index (χ3v) is 10.7. The fourth-order valence-electron chi connectivity index (χ4n) is 6.26. The Kier molecular flexibility index (Phi) is 7.83. The first-order valence-corrected chi connectivity index (χ1v) is 15.2. The topological polar surface area (TPSA) is 72.9 Å². The van der Waals surface area contributed by atoms with Crippen molar-refractivity contribution < 1.29 is 49.0 Å². The molecule has 0 radical (unpaired) electrons. The number of hydrogen-bond acceptors (Lipinski definition) is 5. The number of rotatable bonds is 6. The van der Waals surface area contributed by atoms with Crippen LogP contribution in [0.2, 0.25) is 0 Å². The van der Waals surface area contributed by atoms with E-state index in [4.69, 9.17) is 9.47 Å². The van der Waals surface area contributed by atoms with Crippen LogP contribution in [0.1, 0.15) is 67.2 Å². The minimum absolute atomic E-state index is 0.0495. The van der Waals surface area contributed by atoms with Gasteiger partial charge in [-0.2, -0.15) is 30.6 Å². The number of carbonyl (C=O) groups is 1. The highest BCUT2D eigenvalue weighted by Gasteiger charge is 2.46. The molecular formula is C29H31F6NO5S. The van der Waals surface area contributed by atoms with E-state index in [0.717, 1.165) is 28.3 Å². The molecule has 6 nitrogen and oxygen atoms in total. The molecule has 3 aliphatic rings. The van der Waals surface area contributed by atoms with Crippen molar-refractivity contribution in [2.75, 3.05) is 20.2 Å². The van der Waals surface area contributed by atoms with Crippen molar-refractivity contribution in [2.45, 2.75) is 74.2 Å². The number of esters is 1. The van der Waals surface area contributed by atoms with E-state index in [1.807, 2.05) is 25.1 Å². The van der Waals surface area contributed by atoms with Crippen LogP contribution in [0.5, 0.6) is 5.75 Å². The Morgan fingerprint density at radius 3 is 2.24 bits per heavy atom. The summed E-state index contributed by atoms with van der Waals surface area (Å²) in [6.45, 7) is 1.41. The van der Waals surface area contributed by atoms with Gasteiger partial charge in [0.05, 0.1) is 29.1 Å². The first kappa shape index (κ1) is 30.7. The third kappa shape index (κ3) is 5.86. The van der Waals surface area contributed by atoms with E-state index in [2.05, 4.69) is 0 Å². The molecule has 2 heterocycles. The van der Waals surface area contributed by atoms with Gasteiger partial charge in [-0.15, -0.1) is 0 Å². The Hall–Kier alpha value is -2.80.